The monoisotopic (exact) mass is 331 g/mol. The Balaban J connectivity index is 1.39. The molecule has 0 aliphatic carbocycles. The van der Waals surface area contributed by atoms with Gasteiger partial charge in [-0.25, -0.2) is 4.98 Å². The van der Waals surface area contributed by atoms with E-state index in [2.05, 4.69) is 29.3 Å². The molecule has 2 aliphatic rings. The molecule has 1 aromatic rings. The van der Waals surface area contributed by atoms with Gasteiger partial charge in [-0.05, 0) is 69.7 Å². The van der Waals surface area contributed by atoms with Crippen molar-refractivity contribution in [3.05, 3.63) is 23.4 Å². The van der Waals surface area contributed by atoms with E-state index < -0.39 is 0 Å². The van der Waals surface area contributed by atoms with Gasteiger partial charge in [-0.3, -0.25) is 0 Å². The average molecular weight is 332 g/mol. The van der Waals surface area contributed by atoms with Crippen LogP contribution in [0.15, 0.2) is 12.1 Å². The number of aryl methyl sites for hydroxylation is 2. The molecule has 1 aromatic heterocycles. The van der Waals surface area contributed by atoms with Crippen LogP contribution < -0.4 is 5.32 Å². The van der Waals surface area contributed by atoms with E-state index in [0.29, 0.717) is 6.10 Å². The fourth-order valence-corrected chi connectivity index (χ4v) is 3.74. The first-order valence-electron chi connectivity index (χ1n) is 9.92. The molecule has 0 amide bonds. The molecule has 3 heterocycles. The fraction of sp³-hybridized carbons (Fsp3) is 0.750. The van der Waals surface area contributed by atoms with Crippen LogP contribution in [-0.4, -0.2) is 48.8 Å². The standard InChI is InChI=1S/C20H33N3O/c1-2-3-15-24-19-9-6-14-23(16-19)13-5-8-18-11-10-17-7-4-12-21-20(17)22-18/h10-11,19H,2-9,12-16H2,1H3,(H,21,22). The number of anilines is 1. The zero-order valence-electron chi connectivity index (χ0n) is 15.2. The Morgan fingerprint density at radius 1 is 1.29 bits per heavy atom. The third-order valence-electron chi connectivity index (χ3n) is 5.17. The molecule has 1 saturated heterocycles. The lowest BCUT2D eigenvalue weighted by atomic mass is 10.1. The van der Waals surface area contributed by atoms with Gasteiger partial charge in [-0.1, -0.05) is 19.4 Å². The molecule has 0 bridgehead atoms. The van der Waals surface area contributed by atoms with Crippen LogP contribution in [-0.2, 0) is 17.6 Å². The SMILES string of the molecule is CCCCOC1CCCN(CCCc2ccc3c(n2)NCCC3)C1. The number of nitrogens with one attached hydrogen (secondary N) is 1. The van der Waals surface area contributed by atoms with Crippen molar-refractivity contribution >= 4 is 5.82 Å². The first-order chi connectivity index (χ1) is 11.8. The van der Waals surface area contributed by atoms with Crippen molar-refractivity contribution < 1.29 is 4.74 Å². The lowest BCUT2D eigenvalue weighted by Gasteiger charge is -2.32. The molecule has 4 heteroatoms. The maximum Gasteiger partial charge on any atom is 0.129 e. The predicted molar refractivity (Wildman–Crippen MR) is 99.7 cm³/mol. The number of pyridine rings is 1. The topological polar surface area (TPSA) is 37.4 Å². The Morgan fingerprint density at radius 3 is 3.17 bits per heavy atom. The van der Waals surface area contributed by atoms with Gasteiger partial charge in [0, 0.05) is 25.4 Å². The third kappa shape index (κ3) is 5.18. The molecule has 3 rings (SSSR count). The summed E-state index contributed by atoms with van der Waals surface area (Å²) in [4.78, 5) is 7.39. The van der Waals surface area contributed by atoms with E-state index in [-0.39, 0.29) is 0 Å². The molecule has 0 radical (unpaired) electrons. The normalized spacial score (nSPS) is 21.3. The number of ether oxygens (including phenoxy) is 1. The highest BCUT2D eigenvalue weighted by molar-refractivity contribution is 5.46. The van der Waals surface area contributed by atoms with Crippen molar-refractivity contribution in [2.24, 2.45) is 0 Å². The van der Waals surface area contributed by atoms with E-state index in [1.165, 1.54) is 69.3 Å². The second kappa shape index (κ2) is 9.38. The second-order valence-electron chi connectivity index (χ2n) is 7.23. The van der Waals surface area contributed by atoms with E-state index in [9.17, 15) is 0 Å². The Labute approximate surface area is 147 Å². The number of unbranched alkanes of at least 4 members (excludes halogenated alkanes) is 1. The number of likely N-dealkylation sites (tertiary alicyclic amines) is 1. The van der Waals surface area contributed by atoms with Crippen LogP contribution in [0.4, 0.5) is 5.82 Å². The number of hydrogen-bond donors (Lipinski definition) is 1. The number of piperidine rings is 1. The van der Waals surface area contributed by atoms with Crippen molar-refractivity contribution in [1.29, 1.82) is 0 Å². The largest absolute Gasteiger partial charge is 0.377 e. The summed E-state index contributed by atoms with van der Waals surface area (Å²) in [7, 11) is 0. The molecule has 134 valence electrons. The second-order valence-corrected chi connectivity index (χ2v) is 7.23. The summed E-state index contributed by atoms with van der Waals surface area (Å²) in [6.45, 7) is 7.73. The Kier molecular flexibility index (Phi) is 6.91. The lowest BCUT2D eigenvalue weighted by Crippen LogP contribution is -2.40. The minimum Gasteiger partial charge on any atom is -0.377 e. The van der Waals surface area contributed by atoms with Gasteiger partial charge in [-0.2, -0.15) is 0 Å². The van der Waals surface area contributed by atoms with Gasteiger partial charge in [-0.15, -0.1) is 0 Å². The zero-order chi connectivity index (χ0) is 16.6. The van der Waals surface area contributed by atoms with E-state index in [0.717, 1.165) is 31.9 Å². The number of rotatable bonds is 8. The highest BCUT2D eigenvalue weighted by atomic mass is 16.5. The maximum atomic E-state index is 6.02. The van der Waals surface area contributed by atoms with E-state index in [1.54, 1.807) is 0 Å². The average Bonchev–Trinajstić information content (AvgIpc) is 2.62. The van der Waals surface area contributed by atoms with Crippen molar-refractivity contribution in [2.75, 3.05) is 38.1 Å². The maximum absolute atomic E-state index is 6.02. The smallest absolute Gasteiger partial charge is 0.129 e. The van der Waals surface area contributed by atoms with Gasteiger partial charge >= 0.3 is 0 Å². The third-order valence-corrected chi connectivity index (χ3v) is 5.17. The van der Waals surface area contributed by atoms with E-state index in [4.69, 9.17) is 9.72 Å². The lowest BCUT2D eigenvalue weighted by molar-refractivity contribution is -0.00163. The molecular weight excluding hydrogens is 298 g/mol. The quantitative estimate of drug-likeness (QED) is 0.738. The number of aromatic nitrogens is 1. The Morgan fingerprint density at radius 2 is 2.25 bits per heavy atom. The van der Waals surface area contributed by atoms with Gasteiger partial charge in [0.2, 0.25) is 0 Å². The van der Waals surface area contributed by atoms with Crippen molar-refractivity contribution in [2.45, 2.75) is 64.4 Å². The van der Waals surface area contributed by atoms with Gasteiger partial charge in [0.05, 0.1) is 6.10 Å². The van der Waals surface area contributed by atoms with Crippen LogP contribution in [0.1, 0.15) is 56.7 Å². The van der Waals surface area contributed by atoms with Crippen LogP contribution in [0, 0.1) is 0 Å². The van der Waals surface area contributed by atoms with Gasteiger partial charge in [0.1, 0.15) is 5.82 Å². The van der Waals surface area contributed by atoms with Crippen molar-refractivity contribution in [1.82, 2.24) is 9.88 Å². The molecule has 4 nitrogen and oxygen atoms in total. The minimum absolute atomic E-state index is 0.455. The molecule has 0 aromatic carbocycles. The predicted octanol–water partition coefficient (Wildman–Crippen LogP) is 3.65. The van der Waals surface area contributed by atoms with Crippen LogP contribution >= 0.6 is 0 Å². The summed E-state index contributed by atoms with van der Waals surface area (Å²) in [5, 5.41) is 3.43. The van der Waals surface area contributed by atoms with Crippen molar-refractivity contribution in [3.8, 4) is 0 Å². The summed E-state index contributed by atoms with van der Waals surface area (Å²) >= 11 is 0. The summed E-state index contributed by atoms with van der Waals surface area (Å²) in [6.07, 6.45) is 10.0. The molecule has 0 saturated carbocycles. The number of nitrogens with zero attached hydrogens (tertiary/aromatic N) is 2. The fourth-order valence-electron chi connectivity index (χ4n) is 3.74. The van der Waals surface area contributed by atoms with Crippen LogP contribution in [0.3, 0.4) is 0 Å². The first-order valence-corrected chi connectivity index (χ1v) is 9.92. The summed E-state index contributed by atoms with van der Waals surface area (Å²) in [5.74, 6) is 1.13. The van der Waals surface area contributed by atoms with Gasteiger partial charge in [0.15, 0.2) is 0 Å². The van der Waals surface area contributed by atoms with Crippen molar-refractivity contribution in [3.63, 3.8) is 0 Å². The van der Waals surface area contributed by atoms with E-state index in [1.807, 2.05) is 0 Å². The molecule has 1 fully saturated rings. The van der Waals surface area contributed by atoms with Gasteiger partial charge in [0.25, 0.3) is 0 Å². The molecule has 1 atom stereocenters. The molecule has 0 spiro atoms. The summed E-state index contributed by atoms with van der Waals surface area (Å²) < 4.78 is 6.02. The van der Waals surface area contributed by atoms with Crippen LogP contribution in [0.5, 0.6) is 0 Å². The number of hydrogen-bond acceptors (Lipinski definition) is 4. The zero-order valence-corrected chi connectivity index (χ0v) is 15.2. The van der Waals surface area contributed by atoms with Crippen LogP contribution in [0.25, 0.3) is 0 Å². The highest BCUT2D eigenvalue weighted by Gasteiger charge is 2.19. The number of fused-ring (bicyclic) bond motifs is 1. The first kappa shape index (κ1) is 17.7. The Bertz CT molecular complexity index is 506. The van der Waals surface area contributed by atoms with Gasteiger partial charge < -0.3 is 15.0 Å². The Hall–Kier alpha value is -1.13. The minimum atomic E-state index is 0.455. The highest BCUT2D eigenvalue weighted by Crippen LogP contribution is 2.20. The molecule has 2 aliphatic heterocycles. The molecule has 1 N–H and O–H groups in total. The molecule has 1 unspecified atom stereocenters. The summed E-state index contributed by atoms with van der Waals surface area (Å²) in [6, 6.07) is 4.49. The summed E-state index contributed by atoms with van der Waals surface area (Å²) in [5.41, 5.74) is 2.61. The van der Waals surface area contributed by atoms with Crippen LogP contribution in [0.2, 0.25) is 0 Å². The molecule has 24 heavy (non-hydrogen) atoms. The van der Waals surface area contributed by atoms with E-state index >= 15 is 0 Å². The molecular formula is C20H33N3O.